The van der Waals surface area contributed by atoms with Crippen LogP contribution in [0.25, 0.3) is 6.08 Å². The summed E-state index contributed by atoms with van der Waals surface area (Å²) in [7, 11) is 1.89. The van der Waals surface area contributed by atoms with E-state index in [1.54, 1.807) is 10.8 Å². The number of carbonyl (C=O) groups is 1. The van der Waals surface area contributed by atoms with Crippen LogP contribution in [-0.4, -0.2) is 15.7 Å². The molecule has 0 saturated carbocycles. The first-order valence-corrected chi connectivity index (χ1v) is 7.29. The molecule has 0 fully saturated rings. The number of rotatable bonds is 4. The fourth-order valence-electron chi connectivity index (χ4n) is 2.34. The Bertz CT molecular complexity index is 727. The van der Waals surface area contributed by atoms with Gasteiger partial charge in [0.2, 0.25) is 0 Å². The molecule has 0 spiro atoms. The number of hydrogen-bond donors (Lipinski definition) is 0. The van der Waals surface area contributed by atoms with Gasteiger partial charge in [-0.3, -0.25) is 4.68 Å². The van der Waals surface area contributed by atoms with Crippen molar-refractivity contribution in [3.05, 3.63) is 57.9 Å². The molecule has 0 aliphatic carbocycles. The molecule has 0 atom stereocenters. The van der Waals surface area contributed by atoms with Crippen LogP contribution in [0.15, 0.2) is 24.3 Å². The third-order valence-electron chi connectivity index (χ3n) is 3.83. The lowest BCUT2D eigenvalue weighted by Crippen LogP contribution is -2.02. The van der Waals surface area contributed by atoms with Crippen LogP contribution >= 0.6 is 0 Å². The van der Waals surface area contributed by atoms with Crippen LogP contribution in [0.3, 0.4) is 0 Å². The van der Waals surface area contributed by atoms with E-state index in [-0.39, 0.29) is 5.97 Å². The van der Waals surface area contributed by atoms with E-state index in [0.717, 1.165) is 33.6 Å². The number of aromatic nitrogens is 2. The van der Waals surface area contributed by atoms with Crippen LogP contribution in [0.5, 0.6) is 0 Å². The summed E-state index contributed by atoms with van der Waals surface area (Å²) in [5, 5.41) is 4.32. The summed E-state index contributed by atoms with van der Waals surface area (Å²) in [6.45, 7) is 8.23. The van der Waals surface area contributed by atoms with Gasteiger partial charge in [0.25, 0.3) is 0 Å². The molecule has 0 N–H and O–H groups in total. The van der Waals surface area contributed by atoms with Crippen molar-refractivity contribution in [1.82, 2.24) is 9.78 Å². The Balaban J connectivity index is 2.01. The highest BCUT2D eigenvalue weighted by atomic mass is 16.5. The van der Waals surface area contributed by atoms with Crippen LogP contribution in [0.2, 0.25) is 0 Å². The zero-order chi connectivity index (χ0) is 16.3. The van der Waals surface area contributed by atoms with Gasteiger partial charge in [-0.2, -0.15) is 5.10 Å². The second-order valence-electron chi connectivity index (χ2n) is 5.58. The second-order valence-corrected chi connectivity index (χ2v) is 5.58. The lowest BCUT2D eigenvalue weighted by molar-refractivity contribution is -0.138. The Morgan fingerprint density at radius 3 is 2.64 bits per heavy atom. The van der Waals surface area contributed by atoms with E-state index in [4.69, 9.17) is 4.74 Å². The minimum absolute atomic E-state index is 0.293. The molecule has 2 aromatic rings. The van der Waals surface area contributed by atoms with Gasteiger partial charge in [-0.15, -0.1) is 0 Å². The maximum absolute atomic E-state index is 11.9. The van der Waals surface area contributed by atoms with E-state index in [9.17, 15) is 4.79 Å². The third kappa shape index (κ3) is 3.64. The number of benzene rings is 1. The predicted octanol–water partition coefficient (Wildman–Crippen LogP) is 3.41. The normalized spacial score (nSPS) is 11.1. The maximum Gasteiger partial charge on any atom is 0.331 e. The Labute approximate surface area is 131 Å². The van der Waals surface area contributed by atoms with Crippen molar-refractivity contribution in [1.29, 1.82) is 0 Å². The molecule has 0 amide bonds. The molecular weight excluding hydrogens is 276 g/mol. The van der Waals surface area contributed by atoms with Crippen molar-refractivity contribution < 1.29 is 9.53 Å². The Morgan fingerprint density at radius 1 is 1.27 bits per heavy atom. The molecule has 2 rings (SSSR count). The van der Waals surface area contributed by atoms with Crippen molar-refractivity contribution in [2.75, 3.05) is 0 Å². The van der Waals surface area contributed by atoms with Crippen LogP contribution in [0.4, 0.5) is 0 Å². The molecule has 0 unspecified atom stereocenters. The van der Waals surface area contributed by atoms with Gasteiger partial charge in [0, 0.05) is 24.4 Å². The number of aryl methyl sites for hydroxylation is 4. The van der Waals surface area contributed by atoms with Crippen LogP contribution < -0.4 is 0 Å². The summed E-state index contributed by atoms with van der Waals surface area (Å²) < 4.78 is 7.12. The average Bonchev–Trinajstić information content (AvgIpc) is 2.71. The molecule has 116 valence electrons. The first-order chi connectivity index (χ1) is 10.4. The van der Waals surface area contributed by atoms with E-state index in [1.165, 1.54) is 6.08 Å². The van der Waals surface area contributed by atoms with Gasteiger partial charge in [0.1, 0.15) is 6.61 Å². The van der Waals surface area contributed by atoms with Crippen LogP contribution in [0, 0.1) is 27.7 Å². The monoisotopic (exact) mass is 298 g/mol. The second kappa shape index (κ2) is 6.60. The molecule has 4 nitrogen and oxygen atoms in total. The molecule has 0 aliphatic rings. The van der Waals surface area contributed by atoms with E-state index < -0.39 is 0 Å². The highest BCUT2D eigenvalue weighted by Crippen LogP contribution is 2.14. The van der Waals surface area contributed by atoms with Gasteiger partial charge in [0.15, 0.2) is 0 Å². The quantitative estimate of drug-likeness (QED) is 0.642. The van der Waals surface area contributed by atoms with Gasteiger partial charge < -0.3 is 4.74 Å². The molecule has 1 aromatic heterocycles. The summed E-state index contributed by atoms with van der Waals surface area (Å²) in [4.78, 5) is 11.9. The van der Waals surface area contributed by atoms with Gasteiger partial charge in [-0.1, -0.05) is 23.8 Å². The lowest BCUT2D eigenvalue weighted by Gasteiger charge is -2.07. The molecule has 0 radical (unpaired) electrons. The number of hydrogen-bond acceptors (Lipinski definition) is 3. The number of nitrogens with zero attached hydrogens (tertiary/aromatic N) is 2. The van der Waals surface area contributed by atoms with E-state index in [2.05, 4.69) is 11.2 Å². The third-order valence-corrected chi connectivity index (χ3v) is 3.83. The zero-order valence-corrected chi connectivity index (χ0v) is 13.8. The number of ether oxygens (including phenoxy) is 1. The molecule has 4 heteroatoms. The SMILES string of the molecule is Cc1ccc(C)c(COC(=O)/C=C/c2c(C)nn(C)c2C)c1. The topological polar surface area (TPSA) is 44.1 Å². The fourth-order valence-corrected chi connectivity index (χ4v) is 2.34. The van der Waals surface area contributed by atoms with Crippen LogP contribution in [-0.2, 0) is 23.2 Å². The summed E-state index contributed by atoms with van der Waals surface area (Å²) in [6, 6.07) is 6.13. The average molecular weight is 298 g/mol. The molecule has 1 heterocycles. The van der Waals surface area contributed by atoms with Crippen molar-refractivity contribution in [3.63, 3.8) is 0 Å². The lowest BCUT2D eigenvalue weighted by atomic mass is 10.1. The molecule has 0 saturated heterocycles. The smallest absolute Gasteiger partial charge is 0.331 e. The summed E-state index contributed by atoms with van der Waals surface area (Å²) >= 11 is 0. The Kier molecular flexibility index (Phi) is 4.81. The van der Waals surface area contributed by atoms with Crippen molar-refractivity contribution >= 4 is 12.0 Å². The van der Waals surface area contributed by atoms with E-state index in [1.807, 2.05) is 46.9 Å². The first kappa shape index (κ1) is 16.0. The van der Waals surface area contributed by atoms with E-state index >= 15 is 0 Å². The molecule has 0 bridgehead atoms. The molecule has 0 aliphatic heterocycles. The molecule has 22 heavy (non-hydrogen) atoms. The maximum atomic E-state index is 11.9. The Morgan fingerprint density at radius 2 is 2.00 bits per heavy atom. The molecule has 1 aromatic carbocycles. The minimum atomic E-state index is -0.344. The minimum Gasteiger partial charge on any atom is -0.458 e. The summed E-state index contributed by atoms with van der Waals surface area (Å²) in [6.07, 6.45) is 3.23. The van der Waals surface area contributed by atoms with Crippen molar-refractivity contribution in [3.8, 4) is 0 Å². The largest absolute Gasteiger partial charge is 0.458 e. The summed E-state index contributed by atoms with van der Waals surface area (Å²) in [5.41, 5.74) is 6.21. The standard InChI is InChI=1S/C18H22N2O2/c1-12-6-7-13(2)16(10-12)11-22-18(21)9-8-17-14(3)19-20(5)15(17)4/h6-10H,11H2,1-5H3/b9-8+. The fraction of sp³-hybridized carbons (Fsp3) is 0.333. The zero-order valence-electron chi connectivity index (χ0n) is 13.8. The van der Waals surface area contributed by atoms with Crippen LogP contribution in [0.1, 0.15) is 33.6 Å². The Hall–Kier alpha value is -2.36. The van der Waals surface area contributed by atoms with Gasteiger partial charge in [-0.05, 0) is 44.9 Å². The van der Waals surface area contributed by atoms with E-state index in [0.29, 0.717) is 6.61 Å². The van der Waals surface area contributed by atoms with Gasteiger partial charge in [-0.25, -0.2) is 4.79 Å². The van der Waals surface area contributed by atoms with Crippen molar-refractivity contribution in [2.24, 2.45) is 7.05 Å². The molecular formula is C18H22N2O2. The highest BCUT2D eigenvalue weighted by Gasteiger charge is 2.07. The van der Waals surface area contributed by atoms with Crippen molar-refractivity contribution in [2.45, 2.75) is 34.3 Å². The van der Waals surface area contributed by atoms with Gasteiger partial charge in [0.05, 0.1) is 5.69 Å². The van der Waals surface area contributed by atoms with Gasteiger partial charge >= 0.3 is 5.97 Å². The number of esters is 1. The number of carbonyl (C=O) groups excluding carboxylic acids is 1. The highest BCUT2D eigenvalue weighted by molar-refractivity contribution is 5.87. The summed E-state index contributed by atoms with van der Waals surface area (Å²) in [5.74, 6) is -0.344. The first-order valence-electron chi connectivity index (χ1n) is 7.29. The predicted molar refractivity (Wildman–Crippen MR) is 87.4 cm³/mol.